The molecule has 162 valence electrons. The Balaban J connectivity index is 1.86. The summed E-state index contributed by atoms with van der Waals surface area (Å²) in [5.41, 5.74) is 0.557. The summed E-state index contributed by atoms with van der Waals surface area (Å²) in [6, 6.07) is 5.30. The number of piperazine rings is 1. The number of hydrogen-bond donors (Lipinski definition) is 2. The van der Waals surface area contributed by atoms with E-state index in [0.29, 0.717) is 29.4 Å². The lowest BCUT2D eigenvalue weighted by Gasteiger charge is -2.30. The van der Waals surface area contributed by atoms with Crippen LogP contribution in [0.4, 0.5) is 5.82 Å². The Morgan fingerprint density at radius 1 is 1.10 bits per heavy atom. The topological polar surface area (TPSA) is 122 Å². The third-order valence-electron chi connectivity index (χ3n) is 5.11. The Morgan fingerprint density at radius 3 is 2.43 bits per heavy atom. The summed E-state index contributed by atoms with van der Waals surface area (Å²) >= 11 is 12.6. The number of sulfone groups is 1. The second-order valence-corrected chi connectivity index (χ2v) is 13.8. The highest BCUT2D eigenvalue weighted by molar-refractivity contribution is 8.28. The number of anilines is 1. The zero-order valence-corrected chi connectivity index (χ0v) is 19.5. The molecule has 1 unspecified atom stereocenters. The van der Waals surface area contributed by atoms with Crippen LogP contribution in [0.1, 0.15) is 5.56 Å². The van der Waals surface area contributed by atoms with Gasteiger partial charge in [-0.15, -0.1) is 0 Å². The van der Waals surface area contributed by atoms with Crippen molar-refractivity contribution in [3.8, 4) is 0 Å². The van der Waals surface area contributed by atoms with Gasteiger partial charge in [0.05, 0.1) is 14.9 Å². The van der Waals surface area contributed by atoms with Crippen molar-refractivity contribution >= 4 is 60.6 Å². The minimum Gasteiger partial charge on any atom is -0.354 e. The van der Waals surface area contributed by atoms with Gasteiger partial charge in [0.25, 0.3) is 0 Å². The van der Waals surface area contributed by atoms with Crippen LogP contribution in [0.2, 0.25) is 10.0 Å². The number of nitrogens with one attached hydrogen (secondary N) is 1. The van der Waals surface area contributed by atoms with Crippen molar-refractivity contribution in [1.29, 1.82) is 0 Å². The van der Waals surface area contributed by atoms with Gasteiger partial charge in [0.1, 0.15) is 5.82 Å². The Hall–Kier alpha value is -1.08. The normalized spacial score (nSPS) is 22.2. The molecule has 3 N–H and O–H groups in total. The molecular formula is C17H18Cl2N4O4S3. The molecule has 13 heteroatoms. The average molecular weight is 509 g/mol. The number of fused-ring (bicyclic) bond motifs is 1. The number of hydrogen-bond acceptors (Lipinski definition) is 8. The van der Waals surface area contributed by atoms with Gasteiger partial charge < -0.3 is 10.2 Å². The van der Waals surface area contributed by atoms with Gasteiger partial charge in [-0.05, 0) is 24.3 Å². The van der Waals surface area contributed by atoms with Crippen LogP contribution in [0.3, 0.4) is 0 Å². The molecule has 0 spiro atoms. The van der Waals surface area contributed by atoms with E-state index in [1.54, 1.807) is 12.3 Å². The molecule has 0 saturated carbocycles. The second-order valence-electron chi connectivity index (χ2n) is 6.93. The summed E-state index contributed by atoms with van der Waals surface area (Å²) in [7, 11) is -9.03. The molecule has 0 radical (unpaired) electrons. The number of aromatic nitrogens is 1. The Morgan fingerprint density at radius 2 is 1.80 bits per heavy atom. The lowest BCUT2D eigenvalue weighted by molar-refractivity contribution is 0.567. The maximum atomic E-state index is 13.6. The Bertz CT molecular complexity index is 1220. The fourth-order valence-corrected chi connectivity index (χ4v) is 9.71. The van der Waals surface area contributed by atoms with Gasteiger partial charge in [0.15, 0.2) is 0 Å². The van der Waals surface area contributed by atoms with Gasteiger partial charge in [-0.3, -0.25) is 0 Å². The third-order valence-corrected chi connectivity index (χ3v) is 13.0. The zero-order chi connectivity index (χ0) is 21.7. The van der Waals surface area contributed by atoms with Gasteiger partial charge in [-0.25, -0.2) is 27.0 Å². The van der Waals surface area contributed by atoms with Crippen LogP contribution in [0.15, 0.2) is 40.3 Å². The van der Waals surface area contributed by atoms with E-state index >= 15 is 0 Å². The summed E-state index contributed by atoms with van der Waals surface area (Å²) in [5, 5.41) is 8.95. The molecule has 1 aromatic heterocycles. The molecule has 8 nitrogen and oxygen atoms in total. The number of thioether (sulfide) groups is 1. The van der Waals surface area contributed by atoms with Crippen LogP contribution in [0, 0.1) is 0 Å². The average Bonchev–Trinajstić information content (AvgIpc) is 3.12. The van der Waals surface area contributed by atoms with Crippen LogP contribution >= 0.6 is 35.0 Å². The number of benzene rings is 1. The highest BCUT2D eigenvalue weighted by Gasteiger charge is 2.59. The van der Waals surface area contributed by atoms with Crippen LogP contribution in [0.25, 0.3) is 0 Å². The first-order valence-corrected chi connectivity index (χ1v) is 13.5. The van der Waals surface area contributed by atoms with E-state index in [2.05, 4.69) is 10.3 Å². The van der Waals surface area contributed by atoms with Gasteiger partial charge in [0.2, 0.25) is 23.3 Å². The Labute approximate surface area is 189 Å². The fraction of sp³-hybridized carbons (Fsp3) is 0.353. The Kier molecular flexibility index (Phi) is 5.76. The van der Waals surface area contributed by atoms with Crippen LogP contribution in [-0.2, 0) is 26.3 Å². The summed E-state index contributed by atoms with van der Waals surface area (Å²) in [5.74, 6) is 0.580. The number of pyridine rings is 1. The molecule has 0 bridgehead atoms. The summed E-state index contributed by atoms with van der Waals surface area (Å²) in [6.45, 7) is 2.85. The third kappa shape index (κ3) is 3.50. The molecule has 30 heavy (non-hydrogen) atoms. The standard InChI is InChI=1S/C17H18Cl2N4O4S3/c18-13-2-1-11(9-14(13)19)29(24,25)17(30(20,26)27)10-12-15(28-17)3-4-22-16(12)23-7-5-21-6-8-23/h1-4,9,21H,5-8,10H2,(H2,20,26,27). The number of sulfonamides is 1. The maximum Gasteiger partial charge on any atom is 0.244 e. The first-order chi connectivity index (χ1) is 14.1. The van der Waals surface area contributed by atoms with Gasteiger partial charge >= 0.3 is 0 Å². The smallest absolute Gasteiger partial charge is 0.244 e. The van der Waals surface area contributed by atoms with Crippen LogP contribution in [0.5, 0.6) is 0 Å². The molecule has 1 fully saturated rings. The van der Waals surface area contributed by atoms with E-state index in [1.165, 1.54) is 12.1 Å². The molecule has 0 aliphatic carbocycles. The molecule has 3 heterocycles. The van der Waals surface area contributed by atoms with E-state index in [0.717, 1.165) is 30.9 Å². The number of rotatable bonds is 4. The number of nitrogens with two attached hydrogens (primary N) is 1. The van der Waals surface area contributed by atoms with E-state index in [4.69, 9.17) is 28.3 Å². The van der Waals surface area contributed by atoms with E-state index in [1.807, 2.05) is 4.90 Å². The molecule has 4 rings (SSSR count). The molecule has 0 amide bonds. The highest BCUT2D eigenvalue weighted by Crippen LogP contribution is 2.54. The highest BCUT2D eigenvalue weighted by atomic mass is 35.5. The molecule has 2 aromatic rings. The zero-order valence-electron chi connectivity index (χ0n) is 15.5. The first kappa shape index (κ1) is 22.1. The van der Waals surface area contributed by atoms with Crippen molar-refractivity contribution in [1.82, 2.24) is 10.3 Å². The van der Waals surface area contributed by atoms with Gasteiger partial charge in [-0.2, -0.15) is 0 Å². The number of primary sulfonamides is 1. The predicted octanol–water partition coefficient (Wildman–Crippen LogP) is 1.86. The summed E-state index contributed by atoms with van der Waals surface area (Å²) in [4.78, 5) is 6.70. The minimum absolute atomic E-state index is 0.00555. The molecular weight excluding hydrogens is 491 g/mol. The van der Waals surface area contributed by atoms with E-state index in [-0.39, 0.29) is 21.4 Å². The van der Waals surface area contributed by atoms with Crippen molar-refractivity contribution in [2.45, 2.75) is 19.6 Å². The molecule has 2 aliphatic heterocycles. The fourth-order valence-electron chi connectivity index (χ4n) is 3.58. The van der Waals surface area contributed by atoms with Gasteiger partial charge in [-0.1, -0.05) is 35.0 Å². The number of nitrogens with zero attached hydrogens (tertiary/aromatic N) is 2. The molecule has 1 saturated heterocycles. The molecule has 1 atom stereocenters. The van der Waals surface area contributed by atoms with Crippen molar-refractivity contribution < 1.29 is 16.8 Å². The van der Waals surface area contributed by atoms with Crippen LogP contribution < -0.4 is 15.4 Å². The lowest BCUT2D eigenvalue weighted by atomic mass is 10.2. The second kappa shape index (κ2) is 7.80. The summed E-state index contributed by atoms with van der Waals surface area (Å²) < 4.78 is 50.4. The molecule has 2 aliphatic rings. The quantitative estimate of drug-likeness (QED) is 0.641. The molecule has 1 aromatic carbocycles. The predicted molar refractivity (Wildman–Crippen MR) is 118 cm³/mol. The maximum absolute atomic E-state index is 13.6. The summed E-state index contributed by atoms with van der Waals surface area (Å²) in [6.07, 6.45) is 1.23. The minimum atomic E-state index is -4.57. The van der Waals surface area contributed by atoms with Crippen molar-refractivity contribution in [3.63, 3.8) is 0 Å². The van der Waals surface area contributed by atoms with Crippen LogP contribution in [-0.4, -0.2) is 51.4 Å². The van der Waals surface area contributed by atoms with Crippen molar-refractivity contribution in [3.05, 3.63) is 46.1 Å². The SMILES string of the molecule is NS(=O)(=O)C1(S(=O)(=O)c2ccc(Cl)c(Cl)c2)Cc2c(ccnc2N2CCNCC2)S1. The van der Waals surface area contributed by atoms with E-state index < -0.39 is 23.3 Å². The number of halogens is 2. The monoisotopic (exact) mass is 508 g/mol. The van der Waals surface area contributed by atoms with Crippen molar-refractivity contribution in [2.24, 2.45) is 5.14 Å². The van der Waals surface area contributed by atoms with E-state index in [9.17, 15) is 16.8 Å². The van der Waals surface area contributed by atoms with Crippen molar-refractivity contribution in [2.75, 3.05) is 31.1 Å². The first-order valence-electron chi connectivity index (χ1n) is 8.91. The largest absolute Gasteiger partial charge is 0.354 e. The lowest BCUT2D eigenvalue weighted by Crippen LogP contribution is -2.47. The van der Waals surface area contributed by atoms with Gasteiger partial charge in [0, 0.05) is 49.3 Å².